The number of halogens is 1. The molecule has 0 aliphatic carbocycles. The van der Waals surface area contributed by atoms with Crippen LogP contribution in [-0.2, 0) is 11.2 Å². The van der Waals surface area contributed by atoms with Crippen LogP contribution in [0.3, 0.4) is 0 Å². The summed E-state index contributed by atoms with van der Waals surface area (Å²) in [7, 11) is 0. The van der Waals surface area contributed by atoms with Crippen LogP contribution in [0, 0.1) is 13.8 Å². The topological polar surface area (TPSA) is 58.9 Å². The molecule has 8 heteroatoms. The van der Waals surface area contributed by atoms with Crippen LogP contribution in [0.1, 0.15) is 29.7 Å². The van der Waals surface area contributed by atoms with Crippen LogP contribution in [0.25, 0.3) is 16.2 Å². The first-order chi connectivity index (χ1) is 17.0. The third-order valence-electron chi connectivity index (χ3n) is 6.43. The molecule has 1 aliphatic rings. The summed E-state index contributed by atoms with van der Waals surface area (Å²) in [5.41, 5.74) is 6.11. The maximum absolute atomic E-state index is 13.2. The highest BCUT2D eigenvalue weighted by Crippen LogP contribution is 2.25. The lowest BCUT2D eigenvalue weighted by Crippen LogP contribution is -2.41. The van der Waals surface area contributed by atoms with Crippen LogP contribution < -0.4 is 5.32 Å². The standard InChI is InChI=1S/C27H29ClN4O2S/c1-18-5-8-20(9-6-18)25-16-32-22(17-35-27(32)30-25)11-12-31(15-23-4-3-13-34-23)26(33)29-21-10-7-19(2)24(28)14-21/h5-10,14,16-17,23H,3-4,11-13,15H2,1-2H3,(H,29,33). The molecule has 35 heavy (non-hydrogen) atoms. The normalized spacial score (nSPS) is 15.6. The number of anilines is 1. The number of amides is 2. The summed E-state index contributed by atoms with van der Waals surface area (Å²) in [6, 6.07) is 13.9. The molecule has 1 fully saturated rings. The smallest absolute Gasteiger partial charge is 0.321 e. The van der Waals surface area contributed by atoms with E-state index in [4.69, 9.17) is 21.3 Å². The zero-order valence-corrected chi connectivity index (χ0v) is 21.5. The number of nitrogens with zero attached hydrogens (tertiary/aromatic N) is 3. The van der Waals surface area contributed by atoms with Gasteiger partial charge < -0.3 is 15.0 Å². The van der Waals surface area contributed by atoms with Crippen LogP contribution in [0.4, 0.5) is 10.5 Å². The number of carbonyl (C=O) groups excluding carboxylic acids is 1. The Morgan fingerprint density at radius 3 is 2.83 bits per heavy atom. The van der Waals surface area contributed by atoms with E-state index in [1.54, 1.807) is 17.4 Å². The molecule has 1 unspecified atom stereocenters. The summed E-state index contributed by atoms with van der Waals surface area (Å²) >= 11 is 7.88. The summed E-state index contributed by atoms with van der Waals surface area (Å²) < 4.78 is 7.97. The molecular weight excluding hydrogens is 480 g/mol. The lowest BCUT2D eigenvalue weighted by Gasteiger charge is -2.26. The molecule has 1 saturated heterocycles. The lowest BCUT2D eigenvalue weighted by atomic mass is 10.1. The maximum Gasteiger partial charge on any atom is 0.321 e. The molecule has 182 valence electrons. The van der Waals surface area contributed by atoms with Gasteiger partial charge in [0.15, 0.2) is 4.96 Å². The Balaban J connectivity index is 1.31. The number of hydrogen-bond donors (Lipinski definition) is 1. The van der Waals surface area contributed by atoms with Gasteiger partial charge in [-0.2, -0.15) is 0 Å². The highest BCUT2D eigenvalue weighted by molar-refractivity contribution is 7.15. The molecule has 1 N–H and O–H groups in total. The Hall–Kier alpha value is -2.87. The third kappa shape index (κ3) is 5.53. The number of carbonyl (C=O) groups is 1. The Bertz CT molecular complexity index is 1320. The lowest BCUT2D eigenvalue weighted by molar-refractivity contribution is 0.0838. The number of hydrogen-bond acceptors (Lipinski definition) is 4. The van der Waals surface area contributed by atoms with Crippen molar-refractivity contribution in [3.05, 3.63) is 75.9 Å². The van der Waals surface area contributed by atoms with E-state index in [0.29, 0.717) is 23.8 Å². The largest absolute Gasteiger partial charge is 0.376 e. The number of nitrogens with one attached hydrogen (secondary N) is 1. The number of ether oxygens (including phenoxy) is 1. The predicted octanol–water partition coefficient (Wildman–Crippen LogP) is 6.59. The van der Waals surface area contributed by atoms with Gasteiger partial charge in [-0.05, 0) is 44.4 Å². The fraction of sp³-hybridized carbons (Fsp3) is 0.333. The highest BCUT2D eigenvalue weighted by atomic mass is 35.5. The summed E-state index contributed by atoms with van der Waals surface area (Å²) in [5, 5.41) is 5.78. The number of imidazole rings is 1. The van der Waals surface area contributed by atoms with Gasteiger partial charge in [0.2, 0.25) is 0 Å². The van der Waals surface area contributed by atoms with E-state index in [0.717, 1.165) is 53.3 Å². The molecular formula is C27H29ClN4O2S. The van der Waals surface area contributed by atoms with E-state index in [1.165, 1.54) is 5.56 Å². The van der Waals surface area contributed by atoms with Crippen LogP contribution in [0.2, 0.25) is 5.02 Å². The van der Waals surface area contributed by atoms with Gasteiger partial charge in [-0.3, -0.25) is 4.40 Å². The minimum atomic E-state index is -0.141. The van der Waals surface area contributed by atoms with Gasteiger partial charge in [-0.25, -0.2) is 9.78 Å². The number of urea groups is 1. The maximum atomic E-state index is 13.2. The number of thiazole rings is 1. The molecule has 2 amide bonds. The minimum Gasteiger partial charge on any atom is -0.376 e. The van der Waals surface area contributed by atoms with E-state index in [-0.39, 0.29) is 12.1 Å². The second-order valence-corrected chi connectivity index (χ2v) is 10.3. The van der Waals surface area contributed by atoms with Crippen molar-refractivity contribution in [1.29, 1.82) is 0 Å². The van der Waals surface area contributed by atoms with Crippen molar-refractivity contribution in [2.24, 2.45) is 0 Å². The number of aryl methyl sites for hydroxylation is 2. The van der Waals surface area contributed by atoms with Crippen LogP contribution in [-0.4, -0.2) is 46.1 Å². The molecule has 0 saturated carbocycles. The first kappa shape index (κ1) is 23.9. The Kier molecular flexibility index (Phi) is 7.09. The van der Waals surface area contributed by atoms with Crippen LogP contribution >= 0.6 is 22.9 Å². The van der Waals surface area contributed by atoms with Crippen molar-refractivity contribution in [3.8, 4) is 11.3 Å². The second-order valence-electron chi connectivity index (χ2n) is 9.10. The monoisotopic (exact) mass is 508 g/mol. The molecule has 6 nitrogen and oxygen atoms in total. The second kappa shape index (κ2) is 10.4. The fourth-order valence-corrected chi connectivity index (χ4v) is 5.39. The van der Waals surface area contributed by atoms with Crippen molar-refractivity contribution in [1.82, 2.24) is 14.3 Å². The van der Waals surface area contributed by atoms with Crippen LogP contribution in [0.5, 0.6) is 0 Å². The molecule has 5 rings (SSSR count). The molecule has 1 aliphatic heterocycles. The number of aromatic nitrogens is 2. The van der Waals surface area contributed by atoms with Crippen molar-refractivity contribution >= 4 is 39.6 Å². The van der Waals surface area contributed by atoms with Crippen LogP contribution in [0.15, 0.2) is 54.0 Å². The van der Waals surface area contributed by atoms with E-state index >= 15 is 0 Å². The van der Waals surface area contributed by atoms with E-state index in [2.05, 4.69) is 52.5 Å². The first-order valence-corrected chi connectivity index (χ1v) is 13.2. The van der Waals surface area contributed by atoms with Gasteiger partial charge >= 0.3 is 6.03 Å². The Morgan fingerprint density at radius 1 is 1.26 bits per heavy atom. The van der Waals surface area contributed by atoms with E-state index in [9.17, 15) is 4.79 Å². The van der Waals surface area contributed by atoms with Crippen molar-refractivity contribution in [2.45, 2.75) is 39.2 Å². The minimum absolute atomic E-state index is 0.0752. The predicted molar refractivity (Wildman–Crippen MR) is 143 cm³/mol. The van der Waals surface area contributed by atoms with Gasteiger partial charge in [-0.1, -0.05) is 47.5 Å². The Labute approximate surface area is 214 Å². The van der Waals surface area contributed by atoms with Gasteiger partial charge in [-0.15, -0.1) is 11.3 Å². The molecule has 0 spiro atoms. The molecule has 4 aromatic rings. The first-order valence-electron chi connectivity index (χ1n) is 11.9. The quantitative estimate of drug-likeness (QED) is 0.306. The van der Waals surface area contributed by atoms with Crippen molar-refractivity contribution in [2.75, 3.05) is 25.0 Å². The average Bonchev–Trinajstić information content (AvgIpc) is 3.58. The summed E-state index contributed by atoms with van der Waals surface area (Å²) in [6.07, 6.45) is 4.90. The molecule has 3 heterocycles. The van der Waals surface area contributed by atoms with Crippen molar-refractivity contribution < 1.29 is 9.53 Å². The van der Waals surface area contributed by atoms with Crippen molar-refractivity contribution in [3.63, 3.8) is 0 Å². The number of rotatable bonds is 7. The Morgan fingerprint density at radius 2 is 2.09 bits per heavy atom. The summed E-state index contributed by atoms with van der Waals surface area (Å²) in [5.74, 6) is 0. The van der Waals surface area contributed by atoms with E-state index in [1.807, 2.05) is 24.0 Å². The molecule has 1 atom stereocenters. The fourth-order valence-electron chi connectivity index (χ4n) is 4.31. The van der Waals surface area contributed by atoms with Gasteiger partial charge in [0.1, 0.15) is 0 Å². The molecule has 2 aromatic heterocycles. The van der Waals surface area contributed by atoms with Gasteiger partial charge in [0, 0.05) is 59.7 Å². The number of fused-ring (bicyclic) bond motifs is 1. The average molecular weight is 509 g/mol. The number of benzene rings is 2. The third-order valence-corrected chi connectivity index (χ3v) is 7.72. The summed E-state index contributed by atoms with van der Waals surface area (Å²) in [4.78, 5) is 20.9. The summed E-state index contributed by atoms with van der Waals surface area (Å²) in [6.45, 7) is 5.93. The van der Waals surface area contributed by atoms with E-state index < -0.39 is 0 Å². The zero-order valence-electron chi connectivity index (χ0n) is 20.0. The van der Waals surface area contributed by atoms with Gasteiger partial charge in [0.05, 0.1) is 11.8 Å². The molecule has 2 aromatic carbocycles. The highest BCUT2D eigenvalue weighted by Gasteiger charge is 2.23. The molecule has 0 radical (unpaired) electrons. The zero-order chi connectivity index (χ0) is 24.4. The van der Waals surface area contributed by atoms with Gasteiger partial charge in [0.25, 0.3) is 0 Å². The SMILES string of the molecule is Cc1ccc(-c2cn3c(CCN(CC4CCCO4)C(=O)Nc4ccc(C)c(Cl)c4)csc3n2)cc1. The molecule has 0 bridgehead atoms.